The number of carbonyl (C=O) groups excluding carboxylic acids is 1. The maximum absolute atomic E-state index is 12.9. The summed E-state index contributed by atoms with van der Waals surface area (Å²) in [6.07, 6.45) is 2.85. The van der Waals surface area contributed by atoms with Gasteiger partial charge in [-0.3, -0.25) is 4.79 Å². The van der Waals surface area contributed by atoms with E-state index in [1.807, 2.05) is 53.7 Å². The highest BCUT2D eigenvalue weighted by Crippen LogP contribution is 2.25. The molecule has 0 atom stereocenters. The average Bonchev–Trinajstić information content (AvgIpc) is 2.84. The molecule has 204 valence electrons. The number of thiocarbonyl (C=S) groups is 1. The van der Waals surface area contributed by atoms with Crippen LogP contribution in [0.2, 0.25) is 0 Å². The first-order valence-electron chi connectivity index (χ1n) is 12.8. The molecule has 0 heterocycles. The molecule has 0 spiro atoms. The smallest absolute Gasteiger partial charge is 0.243 e. The number of carbonyl (C=O) groups is 1. The lowest BCUT2D eigenvalue weighted by Crippen LogP contribution is -2.42. The van der Waals surface area contributed by atoms with Gasteiger partial charge in [-0.2, -0.15) is 4.31 Å². The van der Waals surface area contributed by atoms with Crippen LogP contribution in [0.5, 0.6) is 5.75 Å². The molecule has 0 aliphatic rings. The fraction of sp³-hybridized carbons (Fsp3) is 0.500. The Morgan fingerprint density at radius 3 is 2.24 bits per heavy atom. The van der Waals surface area contributed by atoms with Crippen molar-refractivity contribution in [2.45, 2.75) is 72.1 Å². The number of hydrogen-bond donors (Lipinski definition) is 2. The number of amides is 1. The van der Waals surface area contributed by atoms with Crippen LogP contribution in [-0.4, -0.2) is 43.4 Å². The molecule has 0 unspecified atom stereocenters. The van der Waals surface area contributed by atoms with Crippen molar-refractivity contribution < 1.29 is 17.9 Å². The van der Waals surface area contributed by atoms with Gasteiger partial charge in [0.2, 0.25) is 15.9 Å². The summed E-state index contributed by atoms with van der Waals surface area (Å²) in [7, 11) is -3.55. The minimum atomic E-state index is -3.55. The molecule has 2 rings (SSSR count). The summed E-state index contributed by atoms with van der Waals surface area (Å²) in [5.74, 6) is 0.681. The van der Waals surface area contributed by atoms with E-state index in [0.717, 1.165) is 36.1 Å². The van der Waals surface area contributed by atoms with Crippen LogP contribution in [0.25, 0.3) is 0 Å². The molecule has 2 aromatic rings. The lowest BCUT2D eigenvalue weighted by Gasteiger charge is -2.24. The van der Waals surface area contributed by atoms with Crippen LogP contribution in [0.15, 0.2) is 47.4 Å². The number of nitrogens with zero attached hydrogens (tertiary/aromatic N) is 1. The molecular formula is C28H41N3O4S2. The molecule has 9 heteroatoms. The molecule has 2 aromatic carbocycles. The molecular weight excluding hydrogens is 506 g/mol. The van der Waals surface area contributed by atoms with Crippen LogP contribution in [0, 0.1) is 19.3 Å². The summed E-state index contributed by atoms with van der Waals surface area (Å²) in [6.45, 7) is 13.2. The van der Waals surface area contributed by atoms with Crippen molar-refractivity contribution in [2.75, 3.05) is 25.0 Å². The highest BCUT2D eigenvalue weighted by Gasteiger charge is 2.28. The van der Waals surface area contributed by atoms with E-state index in [9.17, 15) is 13.2 Å². The molecule has 7 nitrogen and oxygen atoms in total. The number of sulfonamides is 1. The molecule has 0 aliphatic carbocycles. The highest BCUT2D eigenvalue weighted by molar-refractivity contribution is 7.89. The van der Waals surface area contributed by atoms with Gasteiger partial charge in [0.1, 0.15) is 5.75 Å². The molecule has 0 aliphatic heterocycles. The van der Waals surface area contributed by atoms with Crippen molar-refractivity contribution >= 4 is 38.9 Å². The lowest BCUT2D eigenvalue weighted by molar-refractivity contribution is -0.128. The topological polar surface area (TPSA) is 87.7 Å². The van der Waals surface area contributed by atoms with E-state index in [1.54, 1.807) is 24.3 Å². The van der Waals surface area contributed by atoms with Crippen molar-refractivity contribution in [1.82, 2.24) is 9.62 Å². The number of benzene rings is 2. The molecule has 0 saturated carbocycles. The number of aryl methyl sites for hydroxylation is 2. The van der Waals surface area contributed by atoms with Gasteiger partial charge in [-0.15, -0.1) is 0 Å². The Labute approximate surface area is 228 Å². The van der Waals surface area contributed by atoms with E-state index in [4.69, 9.17) is 17.0 Å². The van der Waals surface area contributed by atoms with Crippen LogP contribution >= 0.6 is 12.2 Å². The predicted octanol–water partition coefficient (Wildman–Crippen LogP) is 5.81. The Morgan fingerprint density at radius 1 is 1.03 bits per heavy atom. The minimum Gasteiger partial charge on any atom is -0.493 e. The van der Waals surface area contributed by atoms with Crippen LogP contribution in [0.4, 0.5) is 5.69 Å². The standard InChI is InChI=1S/C28H41N3O4S2/c1-7-17-31(18-8-2)37(33,34)24-14-12-23(13-15-24)29-27(36)30-26(32)28(5,6)16-9-19-35-25-20-21(3)10-11-22(25)4/h10-15,20H,7-9,16-19H2,1-6H3,(H2,29,30,32,36). The Morgan fingerprint density at radius 2 is 1.65 bits per heavy atom. The third-order valence-electron chi connectivity index (χ3n) is 6.09. The summed E-state index contributed by atoms with van der Waals surface area (Å²) in [6, 6.07) is 12.5. The van der Waals surface area contributed by atoms with Crippen LogP contribution in [0.1, 0.15) is 64.5 Å². The van der Waals surface area contributed by atoms with Crippen LogP contribution in [0.3, 0.4) is 0 Å². The average molecular weight is 548 g/mol. The Hall–Kier alpha value is -2.49. The SMILES string of the molecule is CCCN(CCC)S(=O)(=O)c1ccc(NC(=S)NC(=O)C(C)(C)CCCOc2cc(C)ccc2C)cc1. The summed E-state index contributed by atoms with van der Waals surface area (Å²) in [5, 5.41) is 5.89. The first-order valence-corrected chi connectivity index (χ1v) is 14.7. The van der Waals surface area contributed by atoms with Gasteiger partial charge in [0.15, 0.2) is 5.11 Å². The van der Waals surface area contributed by atoms with Gasteiger partial charge in [-0.1, -0.05) is 39.8 Å². The maximum atomic E-state index is 12.9. The fourth-order valence-electron chi connectivity index (χ4n) is 3.82. The zero-order chi connectivity index (χ0) is 27.6. The molecule has 0 bridgehead atoms. The second-order valence-corrected chi connectivity index (χ2v) is 12.3. The summed E-state index contributed by atoms with van der Waals surface area (Å²) >= 11 is 5.33. The minimum absolute atomic E-state index is 0.166. The predicted molar refractivity (Wildman–Crippen MR) is 155 cm³/mol. The van der Waals surface area contributed by atoms with Crippen molar-refractivity contribution in [2.24, 2.45) is 5.41 Å². The van der Waals surface area contributed by atoms with Gasteiger partial charge in [0.05, 0.1) is 11.5 Å². The van der Waals surface area contributed by atoms with Gasteiger partial charge in [-0.25, -0.2) is 8.42 Å². The normalized spacial score (nSPS) is 11.9. The van der Waals surface area contributed by atoms with Gasteiger partial charge >= 0.3 is 0 Å². The Kier molecular flexibility index (Phi) is 11.5. The van der Waals surface area contributed by atoms with Gasteiger partial charge in [-0.05, 0) is 93.2 Å². The van der Waals surface area contributed by atoms with E-state index >= 15 is 0 Å². The lowest BCUT2D eigenvalue weighted by atomic mass is 9.87. The van der Waals surface area contributed by atoms with E-state index in [2.05, 4.69) is 16.7 Å². The third kappa shape index (κ3) is 9.09. The quantitative estimate of drug-likeness (QED) is 0.243. The first kappa shape index (κ1) is 30.7. The van der Waals surface area contributed by atoms with Gasteiger partial charge in [0.25, 0.3) is 0 Å². The molecule has 0 saturated heterocycles. The Bertz CT molecular complexity index is 1160. The first-order chi connectivity index (χ1) is 17.4. The second kappa shape index (κ2) is 13.9. The molecule has 2 N–H and O–H groups in total. The zero-order valence-electron chi connectivity index (χ0n) is 22.9. The summed E-state index contributed by atoms with van der Waals surface area (Å²) < 4.78 is 33.3. The number of hydrogen-bond acceptors (Lipinski definition) is 5. The maximum Gasteiger partial charge on any atom is 0.243 e. The van der Waals surface area contributed by atoms with E-state index in [0.29, 0.717) is 31.8 Å². The van der Waals surface area contributed by atoms with E-state index in [1.165, 1.54) is 4.31 Å². The van der Waals surface area contributed by atoms with Crippen molar-refractivity contribution in [1.29, 1.82) is 0 Å². The highest BCUT2D eigenvalue weighted by atomic mass is 32.2. The molecule has 0 radical (unpaired) electrons. The fourth-order valence-corrected chi connectivity index (χ4v) is 5.65. The number of nitrogens with one attached hydrogen (secondary N) is 2. The summed E-state index contributed by atoms with van der Waals surface area (Å²) in [4.78, 5) is 13.1. The van der Waals surface area contributed by atoms with Gasteiger partial charge in [0, 0.05) is 24.2 Å². The number of rotatable bonds is 13. The van der Waals surface area contributed by atoms with Crippen molar-refractivity contribution in [3.63, 3.8) is 0 Å². The third-order valence-corrected chi connectivity index (χ3v) is 8.20. The zero-order valence-corrected chi connectivity index (χ0v) is 24.5. The number of anilines is 1. The molecule has 0 aromatic heterocycles. The van der Waals surface area contributed by atoms with Crippen molar-refractivity contribution in [3.05, 3.63) is 53.6 Å². The van der Waals surface area contributed by atoms with Gasteiger partial charge < -0.3 is 15.4 Å². The van der Waals surface area contributed by atoms with Crippen LogP contribution < -0.4 is 15.4 Å². The van der Waals surface area contributed by atoms with E-state index < -0.39 is 15.4 Å². The van der Waals surface area contributed by atoms with Crippen molar-refractivity contribution in [3.8, 4) is 5.75 Å². The Balaban J connectivity index is 1.88. The van der Waals surface area contributed by atoms with Crippen LogP contribution in [-0.2, 0) is 14.8 Å². The largest absolute Gasteiger partial charge is 0.493 e. The molecule has 37 heavy (non-hydrogen) atoms. The monoisotopic (exact) mass is 547 g/mol. The molecule has 0 fully saturated rings. The van der Waals surface area contributed by atoms with E-state index in [-0.39, 0.29) is 15.9 Å². The number of ether oxygens (including phenoxy) is 1. The molecule has 1 amide bonds. The second-order valence-electron chi connectivity index (χ2n) is 9.94. The summed E-state index contributed by atoms with van der Waals surface area (Å²) in [5.41, 5.74) is 2.19.